The standard InChI is InChI=1S/C23H31NO5.ClH/c1-5-28-22(27)23(3,4)29-20-12-6-17(7-13-20)14-15-24-16(2)21(26)18-8-10-19(25)11-9-18;/h6-13,16,21,24-26H,5,14-15H2,1-4H3;1H/t16-,21+;/m0./s1. The fourth-order valence-corrected chi connectivity index (χ4v) is 2.88. The van der Waals surface area contributed by atoms with Crippen molar-refractivity contribution in [3.05, 3.63) is 59.7 Å². The Labute approximate surface area is 184 Å². The van der Waals surface area contributed by atoms with Crippen LogP contribution >= 0.6 is 12.4 Å². The van der Waals surface area contributed by atoms with E-state index in [4.69, 9.17) is 9.47 Å². The van der Waals surface area contributed by atoms with Crippen LogP contribution in [0, 0.1) is 0 Å². The molecule has 0 fully saturated rings. The SMILES string of the molecule is CCOC(=O)C(C)(C)Oc1ccc(CCN[C@@H](C)[C@@H](O)c2ccc(O)cc2)cc1.Cl. The number of ether oxygens (including phenoxy) is 2. The molecule has 2 aromatic rings. The van der Waals surface area contributed by atoms with Crippen molar-refractivity contribution in [3.63, 3.8) is 0 Å². The van der Waals surface area contributed by atoms with E-state index in [0.29, 0.717) is 18.9 Å². The summed E-state index contributed by atoms with van der Waals surface area (Å²) in [5, 5.41) is 23.1. The number of aliphatic hydroxyl groups is 1. The molecule has 2 aromatic carbocycles. The summed E-state index contributed by atoms with van der Waals surface area (Å²) < 4.78 is 10.8. The van der Waals surface area contributed by atoms with Gasteiger partial charge in [-0.3, -0.25) is 0 Å². The van der Waals surface area contributed by atoms with Gasteiger partial charge in [0.15, 0.2) is 5.60 Å². The van der Waals surface area contributed by atoms with E-state index in [2.05, 4.69) is 5.32 Å². The molecule has 166 valence electrons. The molecule has 0 heterocycles. The average molecular weight is 438 g/mol. The molecule has 0 aromatic heterocycles. The molecule has 0 aliphatic heterocycles. The van der Waals surface area contributed by atoms with Gasteiger partial charge in [0.1, 0.15) is 11.5 Å². The first kappa shape index (κ1) is 25.8. The summed E-state index contributed by atoms with van der Waals surface area (Å²) in [5.74, 6) is 0.393. The summed E-state index contributed by atoms with van der Waals surface area (Å²) in [6.45, 7) is 8.07. The number of aromatic hydroxyl groups is 1. The van der Waals surface area contributed by atoms with Gasteiger partial charge in [-0.05, 0) is 76.1 Å². The maximum atomic E-state index is 11.9. The smallest absolute Gasteiger partial charge is 0.349 e. The van der Waals surface area contributed by atoms with Gasteiger partial charge >= 0.3 is 5.97 Å². The minimum atomic E-state index is -1.04. The quantitative estimate of drug-likeness (QED) is 0.490. The number of benzene rings is 2. The number of rotatable bonds is 10. The number of nitrogens with one attached hydrogen (secondary N) is 1. The molecule has 0 amide bonds. The topological polar surface area (TPSA) is 88.0 Å². The van der Waals surface area contributed by atoms with Crippen LogP contribution in [0.25, 0.3) is 0 Å². The largest absolute Gasteiger partial charge is 0.508 e. The normalized spacial score (nSPS) is 13.1. The van der Waals surface area contributed by atoms with Crippen LogP contribution < -0.4 is 10.1 Å². The van der Waals surface area contributed by atoms with Crippen molar-refractivity contribution in [2.24, 2.45) is 0 Å². The lowest BCUT2D eigenvalue weighted by atomic mass is 10.0. The number of halogens is 1. The fraction of sp³-hybridized carbons (Fsp3) is 0.435. The first-order chi connectivity index (χ1) is 13.7. The molecule has 3 N–H and O–H groups in total. The van der Waals surface area contributed by atoms with E-state index in [1.807, 2.05) is 31.2 Å². The lowest BCUT2D eigenvalue weighted by molar-refractivity contribution is -0.158. The molecule has 0 spiro atoms. The van der Waals surface area contributed by atoms with Gasteiger partial charge in [-0.15, -0.1) is 12.4 Å². The third kappa shape index (κ3) is 7.52. The van der Waals surface area contributed by atoms with E-state index in [-0.39, 0.29) is 24.2 Å². The molecule has 6 nitrogen and oxygen atoms in total. The third-order valence-corrected chi connectivity index (χ3v) is 4.65. The Kier molecular flexibility index (Phi) is 10.1. The van der Waals surface area contributed by atoms with Gasteiger partial charge < -0.3 is 25.0 Å². The molecule has 0 unspecified atom stereocenters. The van der Waals surface area contributed by atoms with Crippen LogP contribution in [0.3, 0.4) is 0 Å². The third-order valence-electron chi connectivity index (χ3n) is 4.65. The van der Waals surface area contributed by atoms with Crippen molar-refractivity contribution in [1.82, 2.24) is 5.32 Å². The molecular weight excluding hydrogens is 406 g/mol. The monoisotopic (exact) mass is 437 g/mol. The van der Waals surface area contributed by atoms with Crippen molar-refractivity contribution in [2.45, 2.75) is 51.9 Å². The summed E-state index contributed by atoms with van der Waals surface area (Å²) in [7, 11) is 0. The molecule has 0 saturated heterocycles. The Morgan fingerprint density at radius 1 is 1.10 bits per heavy atom. The highest BCUT2D eigenvalue weighted by atomic mass is 35.5. The van der Waals surface area contributed by atoms with Crippen LogP contribution in [0.4, 0.5) is 0 Å². The molecule has 0 aliphatic rings. The number of phenols is 1. The second kappa shape index (κ2) is 11.8. The van der Waals surface area contributed by atoms with Gasteiger partial charge in [-0.25, -0.2) is 4.79 Å². The number of hydrogen-bond acceptors (Lipinski definition) is 6. The number of esters is 1. The van der Waals surface area contributed by atoms with Gasteiger partial charge in [0.2, 0.25) is 0 Å². The maximum Gasteiger partial charge on any atom is 0.349 e. The zero-order chi connectivity index (χ0) is 21.4. The fourth-order valence-electron chi connectivity index (χ4n) is 2.88. The molecule has 0 radical (unpaired) electrons. The first-order valence-corrected chi connectivity index (χ1v) is 9.88. The van der Waals surface area contributed by atoms with Crippen LogP contribution in [0.2, 0.25) is 0 Å². The zero-order valence-electron chi connectivity index (χ0n) is 17.9. The number of hydrogen-bond donors (Lipinski definition) is 3. The minimum absolute atomic E-state index is 0. The second-order valence-electron chi connectivity index (χ2n) is 7.51. The Bertz CT molecular complexity index is 777. The van der Waals surface area contributed by atoms with Crippen molar-refractivity contribution in [2.75, 3.05) is 13.2 Å². The van der Waals surface area contributed by atoms with Gasteiger partial charge in [0.25, 0.3) is 0 Å². The van der Waals surface area contributed by atoms with Crippen LogP contribution in [-0.4, -0.2) is 41.0 Å². The summed E-state index contributed by atoms with van der Waals surface area (Å²) in [6.07, 6.45) is 0.130. The van der Waals surface area contributed by atoms with Gasteiger partial charge in [-0.2, -0.15) is 0 Å². The molecule has 30 heavy (non-hydrogen) atoms. The second-order valence-corrected chi connectivity index (χ2v) is 7.51. The predicted octanol–water partition coefficient (Wildman–Crippen LogP) is 3.79. The minimum Gasteiger partial charge on any atom is -0.508 e. The summed E-state index contributed by atoms with van der Waals surface area (Å²) >= 11 is 0. The van der Waals surface area contributed by atoms with E-state index in [1.165, 1.54) is 0 Å². The number of carbonyl (C=O) groups excluding carboxylic acids is 1. The van der Waals surface area contributed by atoms with Crippen LogP contribution in [0.15, 0.2) is 48.5 Å². The Hall–Kier alpha value is -2.28. The maximum absolute atomic E-state index is 11.9. The number of aliphatic hydroxyl groups excluding tert-OH is 1. The lowest BCUT2D eigenvalue weighted by Gasteiger charge is -2.24. The average Bonchev–Trinajstić information content (AvgIpc) is 2.69. The Balaban J connectivity index is 0.00000450. The van der Waals surface area contributed by atoms with E-state index in [0.717, 1.165) is 17.5 Å². The van der Waals surface area contributed by atoms with Crippen molar-refractivity contribution in [3.8, 4) is 11.5 Å². The van der Waals surface area contributed by atoms with Gasteiger partial charge in [0.05, 0.1) is 12.7 Å². The Morgan fingerprint density at radius 2 is 1.70 bits per heavy atom. The molecular formula is C23H32ClNO5. The summed E-state index contributed by atoms with van der Waals surface area (Å²) in [6, 6.07) is 14.0. The zero-order valence-corrected chi connectivity index (χ0v) is 18.7. The molecule has 2 atom stereocenters. The first-order valence-electron chi connectivity index (χ1n) is 9.88. The van der Waals surface area contributed by atoms with E-state index in [1.54, 1.807) is 45.0 Å². The predicted molar refractivity (Wildman–Crippen MR) is 119 cm³/mol. The summed E-state index contributed by atoms with van der Waals surface area (Å²) in [4.78, 5) is 11.9. The molecule has 7 heteroatoms. The highest BCUT2D eigenvalue weighted by Gasteiger charge is 2.31. The van der Waals surface area contributed by atoms with Crippen LogP contribution in [0.1, 0.15) is 44.9 Å². The molecule has 0 bridgehead atoms. The van der Waals surface area contributed by atoms with Crippen molar-refractivity contribution < 1.29 is 24.5 Å². The van der Waals surface area contributed by atoms with Crippen LogP contribution in [0.5, 0.6) is 11.5 Å². The highest BCUT2D eigenvalue weighted by molar-refractivity contribution is 5.85. The molecule has 0 saturated carbocycles. The van der Waals surface area contributed by atoms with E-state index in [9.17, 15) is 15.0 Å². The highest BCUT2D eigenvalue weighted by Crippen LogP contribution is 2.21. The van der Waals surface area contributed by atoms with Gasteiger partial charge in [-0.1, -0.05) is 24.3 Å². The van der Waals surface area contributed by atoms with Crippen molar-refractivity contribution >= 4 is 18.4 Å². The van der Waals surface area contributed by atoms with Crippen LogP contribution in [-0.2, 0) is 16.0 Å². The van der Waals surface area contributed by atoms with E-state index < -0.39 is 17.7 Å². The Morgan fingerprint density at radius 3 is 2.27 bits per heavy atom. The van der Waals surface area contributed by atoms with Gasteiger partial charge in [0, 0.05) is 6.04 Å². The summed E-state index contributed by atoms with van der Waals surface area (Å²) in [5.41, 5.74) is 0.831. The van der Waals surface area contributed by atoms with E-state index >= 15 is 0 Å². The molecule has 0 aliphatic carbocycles. The number of phenolic OH excluding ortho intramolecular Hbond substituents is 1. The lowest BCUT2D eigenvalue weighted by Crippen LogP contribution is -2.39. The molecule has 2 rings (SSSR count). The van der Waals surface area contributed by atoms with Crippen molar-refractivity contribution in [1.29, 1.82) is 0 Å². The number of carbonyl (C=O) groups is 1.